The summed E-state index contributed by atoms with van der Waals surface area (Å²) in [5, 5.41) is 10.8. The molecule has 0 saturated heterocycles. The van der Waals surface area contributed by atoms with Crippen LogP contribution in [0.3, 0.4) is 0 Å². The molecule has 0 aromatic carbocycles. The Hall–Kier alpha value is -1.60. The van der Waals surface area contributed by atoms with Gasteiger partial charge in [-0.05, 0) is 13.0 Å². The van der Waals surface area contributed by atoms with Gasteiger partial charge < -0.3 is 0 Å². The minimum atomic E-state index is 0.444. The number of hydrogen-bond donors (Lipinski definition) is 0. The molecule has 104 valence electrons. The maximum absolute atomic E-state index is 6.16. The van der Waals surface area contributed by atoms with Crippen LogP contribution >= 0.6 is 23.4 Å². The predicted octanol–water partition coefficient (Wildman–Crippen LogP) is 2.35. The van der Waals surface area contributed by atoms with Crippen molar-refractivity contribution in [3.8, 4) is 0 Å². The normalized spacial score (nSPS) is 11.4. The van der Waals surface area contributed by atoms with Crippen LogP contribution in [-0.4, -0.2) is 29.5 Å². The molecule has 3 heterocycles. The van der Waals surface area contributed by atoms with Crippen LogP contribution in [0.25, 0.3) is 11.0 Å². The average molecular weight is 309 g/mol. The SMILES string of the molecule is Cc1cc(SCc2nc(Cl)c3cnn(C)c3n2)n(C)n1. The highest BCUT2D eigenvalue weighted by Gasteiger charge is 2.11. The summed E-state index contributed by atoms with van der Waals surface area (Å²) in [5.74, 6) is 1.33. The quantitative estimate of drug-likeness (QED) is 0.549. The molecule has 0 aliphatic carbocycles. The number of nitrogens with zero attached hydrogens (tertiary/aromatic N) is 6. The Morgan fingerprint density at radius 2 is 2.05 bits per heavy atom. The molecule has 0 amide bonds. The van der Waals surface area contributed by atoms with E-state index in [4.69, 9.17) is 11.6 Å². The summed E-state index contributed by atoms with van der Waals surface area (Å²) >= 11 is 7.80. The molecule has 6 nitrogen and oxygen atoms in total. The minimum absolute atomic E-state index is 0.444. The zero-order chi connectivity index (χ0) is 14.3. The predicted molar refractivity (Wildman–Crippen MR) is 78.8 cm³/mol. The molecule has 3 aromatic heterocycles. The van der Waals surface area contributed by atoms with E-state index >= 15 is 0 Å². The molecule has 0 N–H and O–H groups in total. The van der Waals surface area contributed by atoms with Crippen LogP contribution in [0.5, 0.6) is 0 Å². The van der Waals surface area contributed by atoms with E-state index < -0.39 is 0 Å². The van der Waals surface area contributed by atoms with Gasteiger partial charge in [-0.3, -0.25) is 9.36 Å². The highest BCUT2D eigenvalue weighted by atomic mass is 35.5. The molecular weight excluding hydrogens is 296 g/mol. The van der Waals surface area contributed by atoms with Crippen molar-refractivity contribution in [1.29, 1.82) is 0 Å². The van der Waals surface area contributed by atoms with Gasteiger partial charge in [0.15, 0.2) is 5.65 Å². The maximum Gasteiger partial charge on any atom is 0.162 e. The van der Waals surface area contributed by atoms with Crippen LogP contribution in [0.2, 0.25) is 5.15 Å². The lowest BCUT2D eigenvalue weighted by Crippen LogP contribution is -1.99. The lowest BCUT2D eigenvalue weighted by molar-refractivity contribution is 0.692. The maximum atomic E-state index is 6.16. The summed E-state index contributed by atoms with van der Waals surface area (Å²) in [6, 6.07) is 2.04. The second kappa shape index (κ2) is 5.06. The number of aromatic nitrogens is 6. The fourth-order valence-corrected chi connectivity index (χ4v) is 3.07. The number of hydrogen-bond acceptors (Lipinski definition) is 5. The van der Waals surface area contributed by atoms with Crippen molar-refractivity contribution in [2.24, 2.45) is 14.1 Å². The summed E-state index contributed by atoms with van der Waals surface area (Å²) in [7, 11) is 3.76. The van der Waals surface area contributed by atoms with Gasteiger partial charge in [-0.2, -0.15) is 10.2 Å². The Morgan fingerprint density at radius 3 is 2.75 bits per heavy atom. The molecule has 20 heavy (non-hydrogen) atoms. The van der Waals surface area contributed by atoms with Gasteiger partial charge in [0.2, 0.25) is 0 Å². The monoisotopic (exact) mass is 308 g/mol. The van der Waals surface area contributed by atoms with Crippen molar-refractivity contribution in [3.63, 3.8) is 0 Å². The summed E-state index contributed by atoms with van der Waals surface area (Å²) in [5.41, 5.74) is 1.75. The molecule has 3 aromatic rings. The van der Waals surface area contributed by atoms with Gasteiger partial charge in [-0.1, -0.05) is 23.4 Å². The van der Waals surface area contributed by atoms with Crippen LogP contribution in [-0.2, 0) is 19.8 Å². The molecular formula is C12H13ClN6S. The number of aryl methyl sites for hydroxylation is 3. The third kappa shape index (κ3) is 2.38. The fraction of sp³-hybridized carbons (Fsp3) is 0.333. The van der Waals surface area contributed by atoms with Gasteiger partial charge in [0.05, 0.1) is 28.1 Å². The van der Waals surface area contributed by atoms with E-state index in [9.17, 15) is 0 Å². The number of rotatable bonds is 3. The molecule has 8 heteroatoms. The zero-order valence-electron chi connectivity index (χ0n) is 11.3. The lowest BCUT2D eigenvalue weighted by Gasteiger charge is -2.03. The fourth-order valence-electron chi connectivity index (χ4n) is 1.95. The van der Waals surface area contributed by atoms with Crippen LogP contribution in [0.1, 0.15) is 11.5 Å². The average Bonchev–Trinajstić information content (AvgIpc) is 2.91. The zero-order valence-corrected chi connectivity index (χ0v) is 12.9. The van der Waals surface area contributed by atoms with Gasteiger partial charge >= 0.3 is 0 Å². The van der Waals surface area contributed by atoms with Crippen molar-refractivity contribution in [2.75, 3.05) is 0 Å². The van der Waals surface area contributed by atoms with Crippen molar-refractivity contribution in [2.45, 2.75) is 17.7 Å². The molecule has 3 rings (SSSR count). The first-order valence-corrected chi connectivity index (χ1v) is 7.38. The second-order valence-electron chi connectivity index (χ2n) is 4.47. The first-order chi connectivity index (χ1) is 9.54. The van der Waals surface area contributed by atoms with Crippen molar-refractivity contribution >= 4 is 34.4 Å². The van der Waals surface area contributed by atoms with E-state index in [0.717, 1.165) is 21.8 Å². The van der Waals surface area contributed by atoms with Crippen molar-refractivity contribution in [3.05, 3.63) is 28.9 Å². The summed E-state index contributed by atoms with van der Waals surface area (Å²) in [6.45, 7) is 1.97. The standard InChI is InChI=1S/C12H13ClN6S/c1-7-4-10(18(2)17-7)20-6-9-15-11(13)8-5-14-19(3)12(8)16-9/h4-5H,6H2,1-3H3. The molecule has 0 saturated carbocycles. The van der Waals surface area contributed by atoms with E-state index in [0.29, 0.717) is 16.7 Å². The Kier molecular flexibility index (Phi) is 3.39. The van der Waals surface area contributed by atoms with Gasteiger partial charge in [0.1, 0.15) is 11.0 Å². The van der Waals surface area contributed by atoms with Crippen LogP contribution in [0.4, 0.5) is 0 Å². The highest BCUT2D eigenvalue weighted by Crippen LogP contribution is 2.24. The lowest BCUT2D eigenvalue weighted by atomic mass is 10.4. The van der Waals surface area contributed by atoms with Crippen molar-refractivity contribution in [1.82, 2.24) is 29.5 Å². The molecule has 0 aliphatic heterocycles. The first kappa shape index (κ1) is 13.4. The molecule has 0 atom stereocenters. The smallest absolute Gasteiger partial charge is 0.162 e. The van der Waals surface area contributed by atoms with E-state index in [1.807, 2.05) is 31.8 Å². The molecule has 0 bridgehead atoms. The third-order valence-electron chi connectivity index (χ3n) is 2.90. The highest BCUT2D eigenvalue weighted by molar-refractivity contribution is 7.98. The Labute approximate surface area is 125 Å². The van der Waals surface area contributed by atoms with E-state index in [1.54, 1.807) is 22.6 Å². The molecule has 0 aliphatic rings. The summed E-state index contributed by atoms with van der Waals surface area (Å²) in [6.07, 6.45) is 1.68. The largest absolute Gasteiger partial charge is 0.262 e. The topological polar surface area (TPSA) is 61.4 Å². The molecule has 0 spiro atoms. The number of thioether (sulfide) groups is 1. The van der Waals surface area contributed by atoms with E-state index in [2.05, 4.69) is 20.2 Å². The van der Waals surface area contributed by atoms with Crippen LogP contribution in [0, 0.1) is 6.92 Å². The number of halogens is 1. The molecule has 0 unspecified atom stereocenters. The van der Waals surface area contributed by atoms with Crippen LogP contribution < -0.4 is 0 Å². The third-order valence-corrected chi connectivity index (χ3v) is 4.27. The number of fused-ring (bicyclic) bond motifs is 1. The van der Waals surface area contributed by atoms with Crippen LogP contribution in [0.15, 0.2) is 17.3 Å². The summed E-state index contributed by atoms with van der Waals surface area (Å²) < 4.78 is 3.55. The van der Waals surface area contributed by atoms with Gasteiger partial charge in [-0.15, -0.1) is 0 Å². The van der Waals surface area contributed by atoms with Gasteiger partial charge in [0, 0.05) is 14.1 Å². The first-order valence-electron chi connectivity index (χ1n) is 6.02. The van der Waals surface area contributed by atoms with E-state index in [1.165, 1.54) is 0 Å². The minimum Gasteiger partial charge on any atom is -0.262 e. The molecule has 0 fully saturated rings. The Morgan fingerprint density at radius 1 is 1.25 bits per heavy atom. The Bertz CT molecular complexity index is 778. The Balaban J connectivity index is 1.87. The van der Waals surface area contributed by atoms with E-state index in [-0.39, 0.29) is 0 Å². The van der Waals surface area contributed by atoms with Crippen molar-refractivity contribution < 1.29 is 0 Å². The molecule has 0 radical (unpaired) electrons. The summed E-state index contributed by atoms with van der Waals surface area (Å²) in [4.78, 5) is 8.82. The van der Waals surface area contributed by atoms with Gasteiger partial charge in [-0.25, -0.2) is 9.97 Å². The second-order valence-corrected chi connectivity index (χ2v) is 5.83. The van der Waals surface area contributed by atoms with Gasteiger partial charge in [0.25, 0.3) is 0 Å².